The molecule has 1 atom stereocenters. The van der Waals surface area contributed by atoms with E-state index in [0.717, 1.165) is 0 Å². The molecular weight excluding hydrogens is 330 g/mol. The largest absolute Gasteiger partial charge is 0.486 e. The predicted octanol–water partition coefficient (Wildman–Crippen LogP) is 2.21. The lowest BCUT2D eigenvalue weighted by molar-refractivity contribution is 0.00313. The number of rotatable bonds is 5. The standard InChI is InChI=1S/C17H20ClN3O3/c1-12-3-2-4-16(18)15(12)11-24-13-7-19-17(20-8-13)21-5-6-23-14(9-21)10-22/h2-4,7-8,14,22H,5-6,9-11H2,1H3/t14-/m1/s1/i1D3. The topological polar surface area (TPSA) is 67.7 Å². The van der Waals surface area contributed by atoms with Crippen molar-refractivity contribution in [1.29, 1.82) is 0 Å². The highest BCUT2D eigenvalue weighted by Crippen LogP contribution is 2.22. The molecule has 0 spiro atoms. The van der Waals surface area contributed by atoms with Crippen molar-refractivity contribution < 1.29 is 18.7 Å². The molecule has 2 heterocycles. The fraction of sp³-hybridized carbons (Fsp3) is 0.412. The van der Waals surface area contributed by atoms with Crippen molar-refractivity contribution in [3.63, 3.8) is 0 Å². The molecule has 1 aromatic heterocycles. The zero-order valence-electron chi connectivity index (χ0n) is 16.0. The highest BCUT2D eigenvalue weighted by atomic mass is 35.5. The SMILES string of the molecule is [2H]C([2H])([2H])c1cccc(Cl)c1COc1cnc(N2CCO[C@@H](CO)C2)nc1. The second-order valence-corrected chi connectivity index (χ2v) is 5.80. The summed E-state index contributed by atoms with van der Waals surface area (Å²) < 4.78 is 33.9. The number of ether oxygens (including phenoxy) is 2. The molecule has 0 amide bonds. The number of aliphatic hydroxyl groups is 1. The molecule has 1 aliphatic heterocycles. The summed E-state index contributed by atoms with van der Waals surface area (Å²) in [7, 11) is 0. The van der Waals surface area contributed by atoms with Crippen molar-refractivity contribution in [2.45, 2.75) is 19.6 Å². The quantitative estimate of drug-likeness (QED) is 0.890. The number of anilines is 1. The molecule has 2 aromatic rings. The minimum absolute atomic E-state index is 0.000242. The lowest BCUT2D eigenvalue weighted by atomic mass is 10.1. The smallest absolute Gasteiger partial charge is 0.225 e. The van der Waals surface area contributed by atoms with Gasteiger partial charge in [0, 0.05) is 27.8 Å². The van der Waals surface area contributed by atoms with Crippen LogP contribution >= 0.6 is 11.6 Å². The summed E-state index contributed by atoms with van der Waals surface area (Å²) in [6.07, 6.45) is 2.80. The second-order valence-electron chi connectivity index (χ2n) is 5.39. The molecule has 128 valence electrons. The molecule has 1 N–H and O–H groups in total. The highest BCUT2D eigenvalue weighted by molar-refractivity contribution is 6.31. The number of benzene rings is 1. The Hall–Kier alpha value is -1.89. The van der Waals surface area contributed by atoms with Gasteiger partial charge >= 0.3 is 0 Å². The fourth-order valence-electron chi connectivity index (χ4n) is 2.42. The Labute approximate surface area is 150 Å². The minimum atomic E-state index is -2.27. The molecule has 0 aliphatic carbocycles. The van der Waals surface area contributed by atoms with E-state index in [1.54, 1.807) is 12.1 Å². The molecule has 0 saturated carbocycles. The normalized spacial score (nSPS) is 20.2. The van der Waals surface area contributed by atoms with Crippen LogP contribution in [0.3, 0.4) is 0 Å². The van der Waals surface area contributed by atoms with Crippen LogP contribution in [-0.2, 0) is 11.3 Å². The van der Waals surface area contributed by atoms with Gasteiger partial charge in [0.25, 0.3) is 0 Å². The molecule has 24 heavy (non-hydrogen) atoms. The van der Waals surface area contributed by atoms with Crippen LogP contribution in [0.15, 0.2) is 30.6 Å². The van der Waals surface area contributed by atoms with E-state index < -0.39 is 6.85 Å². The van der Waals surface area contributed by atoms with Gasteiger partial charge in [-0.2, -0.15) is 0 Å². The van der Waals surface area contributed by atoms with Crippen molar-refractivity contribution in [1.82, 2.24) is 9.97 Å². The zero-order valence-corrected chi connectivity index (χ0v) is 13.7. The lowest BCUT2D eigenvalue weighted by Crippen LogP contribution is -2.44. The highest BCUT2D eigenvalue weighted by Gasteiger charge is 2.21. The Morgan fingerprint density at radius 1 is 1.46 bits per heavy atom. The molecule has 1 aliphatic rings. The molecule has 1 aromatic carbocycles. The summed E-state index contributed by atoms with van der Waals surface area (Å²) in [5.41, 5.74) is 0.582. The van der Waals surface area contributed by atoms with Gasteiger partial charge in [0.1, 0.15) is 6.61 Å². The molecule has 0 unspecified atom stereocenters. The predicted molar refractivity (Wildman–Crippen MR) is 91.6 cm³/mol. The first-order chi connectivity index (χ1) is 12.9. The van der Waals surface area contributed by atoms with Gasteiger partial charge in [-0.15, -0.1) is 0 Å². The van der Waals surface area contributed by atoms with E-state index in [0.29, 0.717) is 42.0 Å². The van der Waals surface area contributed by atoms with Crippen molar-refractivity contribution in [3.8, 4) is 5.75 Å². The van der Waals surface area contributed by atoms with Gasteiger partial charge in [-0.1, -0.05) is 23.7 Å². The Kier molecular flexibility index (Phi) is 4.35. The zero-order chi connectivity index (χ0) is 19.4. The Morgan fingerprint density at radius 3 is 3.04 bits per heavy atom. The number of aromatic nitrogens is 2. The average molecular weight is 353 g/mol. The molecule has 0 radical (unpaired) electrons. The van der Waals surface area contributed by atoms with E-state index in [-0.39, 0.29) is 24.9 Å². The summed E-state index contributed by atoms with van der Waals surface area (Å²) in [5, 5.41) is 9.55. The summed E-state index contributed by atoms with van der Waals surface area (Å²) in [6, 6.07) is 4.76. The number of morpholine rings is 1. The molecule has 1 fully saturated rings. The van der Waals surface area contributed by atoms with Gasteiger partial charge in [0.15, 0.2) is 5.75 Å². The van der Waals surface area contributed by atoms with E-state index in [9.17, 15) is 5.11 Å². The van der Waals surface area contributed by atoms with E-state index in [1.807, 2.05) is 4.90 Å². The van der Waals surface area contributed by atoms with Gasteiger partial charge in [-0.05, 0) is 18.5 Å². The van der Waals surface area contributed by atoms with Crippen molar-refractivity contribution in [3.05, 3.63) is 46.7 Å². The Bertz CT molecular complexity index is 774. The first-order valence-corrected chi connectivity index (χ1v) is 7.96. The van der Waals surface area contributed by atoms with E-state index in [1.165, 1.54) is 18.5 Å². The fourth-order valence-corrected chi connectivity index (χ4v) is 2.65. The van der Waals surface area contributed by atoms with Crippen molar-refractivity contribution in [2.24, 2.45) is 0 Å². The molecule has 0 bridgehead atoms. The number of aryl methyl sites for hydroxylation is 1. The number of nitrogens with zero attached hydrogens (tertiary/aromatic N) is 3. The third-order valence-corrected chi connectivity index (χ3v) is 4.10. The van der Waals surface area contributed by atoms with Crippen LogP contribution in [0.5, 0.6) is 5.75 Å². The van der Waals surface area contributed by atoms with Gasteiger partial charge in [-0.3, -0.25) is 0 Å². The molecule has 6 nitrogen and oxygen atoms in total. The van der Waals surface area contributed by atoms with Crippen LogP contribution in [0, 0.1) is 6.85 Å². The number of aliphatic hydroxyl groups excluding tert-OH is 1. The van der Waals surface area contributed by atoms with Gasteiger partial charge in [-0.25, -0.2) is 9.97 Å². The molecule has 1 saturated heterocycles. The summed E-state index contributed by atoms with van der Waals surface area (Å²) in [4.78, 5) is 10.5. The van der Waals surface area contributed by atoms with Crippen LogP contribution in [0.1, 0.15) is 15.2 Å². The number of hydrogen-bond donors (Lipinski definition) is 1. The van der Waals surface area contributed by atoms with E-state index in [4.69, 9.17) is 25.2 Å². The number of hydrogen-bond acceptors (Lipinski definition) is 6. The first-order valence-electron chi connectivity index (χ1n) is 9.08. The van der Waals surface area contributed by atoms with Crippen LogP contribution < -0.4 is 9.64 Å². The second kappa shape index (κ2) is 7.79. The lowest BCUT2D eigenvalue weighted by Gasteiger charge is -2.31. The summed E-state index contributed by atoms with van der Waals surface area (Å²) in [5.74, 6) is 0.923. The van der Waals surface area contributed by atoms with Gasteiger partial charge < -0.3 is 19.5 Å². The van der Waals surface area contributed by atoms with Crippen LogP contribution in [-0.4, -0.2) is 47.5 Å². The van der Waals surface area contributed by atoms with Crippen molar-refractivity contribution >= 4 is 17.5 Å². The van der Waals surface area contributed by atoms with Gasteiger partial charge in [0.2, 0.25) is 5.95 Å². The monoisotopic (exact) mass is 352 g/mol. The molecule has 7 heteroatoms. The maximum Gasteiger partial charge on any atom is 0.225 e. The maximum absolute atomic E-state index is 9.22. The summed E-state index contributed by atoms with van der Waals surface area (Å²) >= 11 is 6.16. The van der Waals surface area contributed by atoms with Crippen molar-refractivity contribution in [2.75, 3.05) is 31.2 Å². The van der Waals surface area contributed by atoms with E-state index >= 15 is 0 Å². The summed E-state index contributed by atoms with van der Waals surface area (Å²) in [6.45, 7) is -0.682. The average Bonchev–Trinajstić information content (AvgIpc) is 2.66. The molecule has 3 rings (SSSR count). The van der Waals surface area contributed by atoms with E-state index in [2.05, 4.69) is 9.97 Å². The molecular formula is C17H20ClN3O3. The van der Waals surface area contributed by atoms with Gasteiger partial charge in [0.05, 0.1) is 31.7 Å². The third-order valence-electron chi connectivity index (χ3n) is 3.74. The first kappa shape index (κ1) is 13.4. The minimum Gasteiger partial charge on any atom is -0.486 e. The Balaban J connectivity index is 1.68. The van der Waals surface area contributed by atoms with Crippen LogP contribution in [0.25, 0.3) is 0 Å². The van der Waals surface area contributed by atoms with Crippen LogP contribution in [0.2, 0.25) is 5.02 Å². The maximum atomic E-state index is 9.22. The van der Waals surface area contributed by atoms with Crippen LogP contribution in [0.4, 0.5) is 5.95 Å². The Morgan fingerprint density at radius 2 is 2.29 bits per heavy atom. The third kappa shape index (κ3) is 3.95. The number of halogens is 1.